The van der Waals surface area contributed by atoms with E-state index in [9.17, 15) is 0 Å². The SMILES string of the molecule is ClCc1ccncc1N1CCC2CCCCC21. The van der Waals surface area contributed by atoms with Crippen LogP contribution in [0.1, 0.15) is 37.7 Å². The molecule has 2 unspecified atom stereocenters. The molecule has 0 bridgehead atoms. The third-order valence-electron chi connectivity index (χ3n) is 4.35. The lowest BCUT2D eigenvalue weighted by molar-refractivity contribution is 0.342. The van der Waals surface area contributed by atoms with E-state index >= 15 is 0 Å². The largest absolute Gasteiger partial charge is 0.367 e. The Labute approximate surface area is 108 Å². The van der Waals surface area contributed by atoms with Gasteiger partial charge in [0.15, 0.2) is 0 Å². The molecular weight excluding hydrogens is 232 g/mol. The Bertz CT molecular complexity index is 394. The van der Waals surface area contributed by atoms with Gasteiger partial charge < -0.3 is 4.90 Å². The highest BCUT2D eigenvalue weighted by Gasteiger charge is 2.36. The van der Waals surface area contributed by atoms with E-state index in [1.165, 1.54) is 49.9 Å². The summed E-state index contributed by atoms with van der Waals surface area (Å²) in [4.78, 5) is 6.84. The molecule has 1 aromatic heterocycles. The van der Waals surface area contributed by atoms with E-state index in [1.807, 2.05) is 12.4 Å². The number of alkyl halides is 1. The van der Waals surface area contributed by atoms with Crippen LogP contribution >= 0.6 is 11.6 Å². The fourth-order valence-corrected chi connectivity index (χ4v) is 3.72. The van der Waals surface area contributed by atoms with Gasteiger partial charge in [-0.25, -0.2) is 0 Å². The Balaban J connectivity index is 1.88. The number of hydrogen-bond acceptors (Lipinski definition) is 2. The Morgan fingerprint density at radius 3 is 3.06 bits per heavy atom. The van der Waals surface area contributed by atoms with E-state index in [4.69, 9.17) is 11.6 Å². The lowest BCUT2D eigenvalue weighted by atomic mass is 9.85. The van der Waals surface area contributed by atoms with Crippen LogP contribution in [0, 0.1) is 5.92 Å². The van der Waals surface area contributed by atoms with Crippen molar-refractivity contribution in [2.24, 2.45) is 5.92 Å². The lowest BCUT2D eigenvalue weighted by Gasteiger charge is -2.33. The third kappa shape index (κ3) is 2.03. The molecule has 3 rings (SSSR count). The third-order valence-corrected chi connectivity index (χ3v) is 4.64. The van der Waals surface area contributed by atoms with Crippen molar-refractivity contribution in [2.75, 3.05) is 11.4 Å². The first-order chi connectivity index (χ1) is 8.40. The van der Waals surface area contributed by atoms with Crippen molar-refractivity contribution < 1.29 is 0 Å². The van der Waals surface area contributed by atoms with Gasteiger partial charge in [-0.05, 0) is 36.8 Å². The van der Waals surface area contributed by atoms with Crippen molar-refractivity contribution in [3.05, 3.63) is 24.0 Å². The second-order valence-corrected chi connectivity index (χ2v) is 5.50. The average Bonchev–Trinajstić information content (AvgIpc) is 2.82. The zero-order chi connectivity index (χ0) is 11.7. The van der Waals surface area contributed by atoms with E-state index in [0.717, 1.165) is 12.0 Å². The Hall–Kier alpha value is -0.760. The summed E-state index contributed by atoms with van der Waals surface area (Å²) in [5.41, 5.74) is 2.50. The van der Waals surface area contributed by atoms with Crippen LogP contribution in [0.4, 0.5) is 5.69 Å². The number of nitrogens with zero attached hydrogens (tertiary/aromatic N) is 2. The standard InChI is InChI=1S/C14H19ClN2/c15-9-12-5-7-16-10-14(12)17-8-6-11-3-1-2-4-13(11)17/h5,7,10-11,13H,1-4,6,8-9H2. The predicted molar refractivity (Wildman–Crippen MR) is 71.5 cm³/mol. The monoisotopic (exact) mass is 250 g/mol. The Morgan fingerprint density at radius 2 is 2.18 bits per heavy atom. The molecule has 0 amide bonds. The number of hydrogen-bond donors (Lipinski definition) is 0. The van der Waals surface area contributed by atoms with Gasteiger partial charge >= 0.3 is 0 Å². The number of anilines is 1. The van der Waals surface area contributed by atoms with Gasteiger partial charge in [-0.15, -0.1) is 11.6 Å². The summed E-state index contributed by atoms with van der Waals surface area (Å²) in [6.45, 7) is 1.19. The molecule has 2 aliphatic rings. The van der Waals surface area contributed by atoms with Crippen LogP contribution in [0.15, 0.2) is 18.5 Å². The smallest absolute Gasteiger partial charge is 0.0600 e. The van der Waals surface area contributed by atoms with Gasteiger partial charge in [0.05, 0.1) is 11.9 Å². The zero-order valence-electron chi connectivity index (χ0n) is 10.1. The minimum atomic E-state index is 0.589. The first-order valence-corrected chi connectivity index (χ1v) is 7.19. The van der Waals surface area contributed by atoms with Crippen LogP contribution < -0.4 is 4.90 Å². The van der Waals surface area contributed by atoms with Gasteiger partial charge in [0.1, 0.15) is 0 Å². The number of halogens is 1. The van der Waals surface area contributed by atoms with Crippen molar-refractivity contribution >= 4 is 17.3 Å². The predicted octanol–water partition coefficient (Wildman–Crippen LogP) is 3.59. The molecule has 1 aliphatic carbocycles. The second kappa shape index (κ2) is 4.85. The molecule has 0 aromatic carbocycles. The van der Waals surface area contributed by atoms with Crippen molar-refractivity contribution in [1.29, 1.82) is 0 Å². The highest BCUT2D eigenvalue weighted by atomic mass is 35.5. The molecule has 17 heavy (non-hydrogen) atoms. The number of rotatable bonds is 2. The minimum absolute atomic E-state index is 0.589. The first-order valence-electron chi connectivity index (χ1n) is 6.65. The maximum Gasteiger partial charge on any atom is 0.0600 e. The van der Waals surface area contributed by atoms with Crippen LogP contribution in [-0.4, -0.2) is 17.6 Å². The number of pyridine rings is 1. The van der Waals surface area contributed by atoms with Crippen molar-refractivity contribution in [2.45, 2.75) is 44.0 Å². The van der Waals surface area contributed by atoms with E-state index in [1.54, 1.807) is 0 Å². The van der Waals surface area contributed by atoms with Gasteiger partial charge in [-0.2, -0.15) is 0 Å². The topological polar surface area (TPSA) is 16.1 Å². The summed E-state index contributed by atoms with van der Waals surface area (Å²) < 4.78 is 0. The Morgan fingerprint density at radius 1 is 1.29 bits per heavy atom. The fourth-order valence-electron chi connectivity index (χ4n) is 3.49. The molecule has 92 valence electrons. The molecule has 2 heterocycles. The van der Waals surface area contributed by atoms with Gasteiger partial charge in [0.2, 0.25) is 0 Å². The maximum atomic E-state index is 6.03. The maximum absolute atomic E-state index is 6.03. The van der Waals surface area contributed by atoms with E-state index < -0.39 is 0 Å². The van der Waals surface area contributed by atoms with Gasteiger partial charge in [0.25, 0.3) is 0 Å². The van der Waals surface area contributed by atoms with E-state index in [2.05, 4.69) is 16.0 Å². The molecule has 3 heteroatoms. The van der Waals surface area contributed by atoms with Gasteiger partial charge in [0, 0.05) is 24.7 Å². The molecule has 2 atom stereocenters. The molecule has 0 radical (unpaired) electrons. The highest BCUT2D eigenvalue weighted by molar-refractivity contribution is 6.17. The molecule has 0 spiro atoms. The van der Waals surface area contributed by atoms with E-state index in [-0.39, 0.29) is 0 Å². The summed E-state index contributed by atoms with van der Waals surface area (Å²) >= 11 is 6.03. The molecule has 0 N–H and O–H groups in total. The molecule has 1 aromatic rings. The summed E-state index contributed by atoms with van der Waals surface area (Å²) in [7, 11) is 0. The minimum Gasteiger partial charge on any atom is -0.367 e. The van der Waals surface area contributed by atoms with Crippen LogP contribution in [0.25, 0.3) is 0 Å². The average molecular weight is 251 g/mol. The van der Waals surface area contributed by atoms with Crippen LogP contribution in [0.3, 0.4) is 0 Å². The normalized spacial score (nSPS) is 28.2. The van der Waals surface area contributed by atoms with E-state index in [0.29, 0.717) is 5.88 Å². The van der Waals surface area contributed by atoms with Crippen LogP contribution in [0.5, 0.6) is 0 Å². The van der Waals surface area contributed by atoms with Crippen molar-refractivity contribution in [1.82, 2.24) is 4.98 Å². The first kappa shape index (κ1) is 11.3. The zero-order valence-corrected chi connectivity index (χ0v) is 10.9. The molecule has 1 saturated carbocycles. The van der Waals surface area contributed by atoms with Crippen LogP contribution in [0.2, 0.25) is 0 Å². The fraction of sp³-hybridized carbons (Fsp3) is 0.643. The summed E-state index contributed by atoms with van der Waals surface area (Å²) in [6.07, 6.45) is 10.8. The van der Waals surface area contributed by atoms with Gasteiger partial charge in [-0.3, -0.25) is 4.98 Å². The Kier molecular flexibility index (Phi) is 3.24. The molecular formula is C14H19ClN2. The molecule has 2 nitrogen and oxygen atoms in total. The highest BCUT2D eigenvalue weighted by Crippen LogP contribution is 2.39. The molecule has 1 saturated heterocycles. The number of aromatic nitrogens is 1. The number of fused-ring (bicyclic) bond motifs is 1. The van der Waals surface area contributed by atoms with Crippen LogP contribution in [-0.2, 0) is 5.88 Å². The second-order valence-electron chi connectivity index (χ2n) is 5.23. The van der Waals surface area contributed by atoms with Gasteiger partial charge in [-0.1, -0.05) is 12.8 Å². The summed E-state index contributed by atoms with van der Waals surface area (Å²) in [5.74, 6) is 1.50. The molecule has 2 fully saturated rings. The molecule has 1 aliphatic heterocycles. The summed E-state index contributed by atoms with van der Waals surface area (Å²) in [6, 6.07) is 2.80. The lowest BCUT2D eigenvalue weighted by Crippen LogP contribution is -2.35. The summed E-state index contributed by atoms with van der Waals surface area (Å²) in [5, 5.41) is 0. The quantitative estimate of drug-likeness (QED) is 0.746. The van der Waals surface area contributed by atoms with Crippen molar-refractivity contribution in [3.63, 3.8) is 0 Å². The van der Waals surface area contributed by atoms with Crippen molar-refractivity contribution in [3.8, 4) is 0 Å².